The highest BCUT2D eigenvalue weighted by molar-refractivity contribution is 5.97. The van der Waals surface area contributed by atoms with Crippen LogP contribution in [0.25, 0.3) is 0 Å². The van der Waals surface area contributed by atoms with Crippen LogP contribution in [-0.2, 0) is 20.9 Å². The second kappa shape index (κ2) is 11.0. The Kier molecular flexibility index (Phi) is 9.02. The van der Waals surface area contributed by atoms with Gasteiger partial charge < -0.3 is 19.5 Å². The Hall–Kier alpha value is -2.61. The van der Waals surface area contributed by atoms with Gasteiger partial charge in [0.05, 0.1) is 19.3 Å². The van der Waals surface area contributed by atoms with Crippen LogP contribution in [0.2, 0.25) is 0 Å². The van der Waals surface area contributed by atoms with Crippen LogP contribution in [0.3, 0.4) is 0 Å². The molecule has 0 saturated carbocycles. The molecule has 0 aliphatic carbocycles. The lowest BCUT2D eigenvalue weighted by atomic mass is 10.1. The van der Waals surface area contributed by atoms with E-state index in [0.29, 0.717) is 31.1 Å². The van der Waals surface area contributed by atoms with Gasteiger partial charge in [0.25, 0.3) is 5.91 Å². The average Bonchev–Trinajstić information content (AvgIpc) is 2.62. The van der Waals surface area contributed by atoms with E-state index in [4.69, 9.17) is 14.2 Å². The third kappa shape index (κ3) is 7.21. The van der Waals surface area contributed by atoms with Gasteiger partial charge in [0.1, 0.15) is 5.75 Å². The summed E-state index contributed by atoms with van der Waals surface area (Å²) in [6, 6.07) is 4.13. The minimum absolute atomic E-state index is 0.263. The fraction of sp³-hybridized carbons (Fsp3) is 0.471. The quantitative estimate of drug-likeness (QED) is 0.655. The van der Waals surface area contributed by atoms with Crippen molar-refractivity contribution in [3.63, 3.8) is 0 Å². The predicted molar refractivity (Wildman–Crippen MR) is 90.4 cm³/mol. The molecule has 0 heterocycles. The molecule has 0 aliphatic heterocycles. The van der Waals surface area contributed by atoms with Gasteiger partial charge in [-0.1, -0.05) is 6.92 Å². The molecule has 3 amide bonds. The molecule has 1 rings (SSSR count). The number of carbonyl (C=O) groups is 3. The minimum atomic E-state index is -0.704. The Balaban J connectivity index is 2.59. The van der Waals surface area contributed by atoms with E-state index in [-0.39, 0.29) is 5.56 Å². The lowest BCUT2D eigenvalue weighted by Crippen LogP contribution is -2.41. The lowest BCUT2D eigenvalue weighted by molar-refractivity contribution is -0.123. The zero-order valence-electron chi connectivity index (χ0n) is 14.7. The Morgan fingerprint density at radius 2 is 1.92 bits per heavy atom. The van der Waals surface area contributed by atoms with Gasteiger partial charge in [-0.15, -0.1) is 0 Å². The summed E-state index contributed by atoms with van der Waals surface area (Å²) < 4.78 is 15.5. The highest BCUT2D eigenvalue weighted by Gasteiger charge is 2.14. The van der Waals surface area contributed by atoms with Crippen molar-refractivity contribution in [1.82, 2.24) is 10.6 Å². The largest absolute Gasteiger partial charge is 0.496 e. The number of hydrogen-bond acceptors (Lipinski definition) is 6. The maximum absolute atomic E-state index is 12.0. The van der Waals surface area contributed by atoms with E-state index < -0.39 is 24.5 Å². The molecule has 8 heteroatoms. The normalized spacial score (nSPS) is 10.0. The molecule has 0 unspecified atom stereocenters. The summed E-state index contributed by atoms with van der Waals surface area (Å²) in [6.45, 7) is 4.47. The molecule has 0 aliphatic rings. The average molecular weight is 352 g/mol. The smallest absolute Gasteiger partial charge is 0.338 e. The zero-order valence-corrected chi connectivity index (χ0v) is 14.7. The van der Waals surface area contributed by atoms with Crippen LogP contribution in [0.5, 0.6) is 5.75 Å². The molecule has 0 atom stereocenters. The van der Waals surface area contributed by atoms with E-state index in [2.05, 4.69) is 10.6 Å². The van der Waals surface area contributed by atoms with E-state index in [1.54, 1.807) is 12.1 Å². The summed E-state index contributed by atoms with van der Waals surface area (Å²) in [5, 5.41) is 4.56. The summed E-state index contributed by atoms with van der Waals surface area (Å²) in [6.07, 6.45) is 0.748. The van der Waals surface area contributed by atoms with Gasteiger partial charge in [-0.3, -0.25) is 10.1 Å². The van der Waals surface area contributed by atoms with E-state index in [9.17, 15) is 14.4 Å². The molecule has 2 N–H and O–H groups in total. The molecule has 0 bridgehead atoms. The van der Waals surface area contributed by atoms with Gasteiger partial charge in [0.15, 0.2) is 6.61 Å². The van der Waals surface area contributed by atoms with Crippen LogP contribution in [0.1, 0.15) is 36.2 Å². The fourth-order valence-electron chi connectivity index (χ4n) is 1.89. The number of ether oxygens (including phenoxy) is 3. The number of hydrogen-bond donors (Lipinski definition) is 2. The number of rotatable bonds is 9. The maximum atomic E-state index is 12.0. The van der Waals surface area contributed by atoms with Crippen molar-refractivity contribution < 1.29 is 28.6 Å². The molecular weight excluding hydrogens is 328 g/mol. The first kappa shape index (κ1) is 20.4. The van der Waals surface area contributed by atoms with Gasteiger partial charge in [0.2, 0.25) is 0 Å². The Labute approximate surface area is 146 Å². The number of urea groups is 1. The Morgan fingerprint density at radius 1 is 1.16 bits per heavy atom. The highest BCUT2D eigenvalue weighted by atomic mass is 16.5. The van der Waals surface area contributed by atoms with Crippen molar-refractivity contribution in [2.75, 3.05) is 26.9 Å². The number of benzene rings is 1. The predicted octanol–water partition coefficient (Wildman–Crippen LogP) is 1.62. The van der Waals surface area contributed by atoms with Gasteiger partial charge in [-0.05, 0) is 31.5 Å². The van der Waals surface area contributed by atoms with E-state index in [1.807, 2.05) is 13.8 Å². The summed E-state index contributed by atoms with van der Waals surface area (Å²) in [4.78, 5) is 35.0. The zero-order chi connectivity index (χ0) is 18.7. The van der Waals surface area contributed by atoms with Gasteiger partial charge in [0, 0.05) is 18.7 Å². The molecule has 25 heavy (non-hydrogen) atoms. The first-order chi connectivity index (χ1) is 12.0. The second-order valence-electron chi connectivity index (χ2n) is 5.04. The van der Waals surface area contributed by atoms with Crippen LogP contribution in [0, 0.1) is 0 Å². The Morgan fingerprint density at radius 3 is 2.56 bits per heavy atom. The maximum Gasteiger partial charge on any atom is 0.338 e. The Bertz CT molecular complexity index is 603. The monoisotopic (exact) mass is 352 g/mol. The molecule has 0 aromatic heterocycles. The second-order valence-corrected chi connectivity index (χ2v) is 5.04. The summed E-state index contributed by atoms with van der Waals surface area (Å²) in [5.74, 6) is -0.787. The van der Waals surface area contributed by atoms with Crippen molar-refractivity contribution in [2.45, 2.75) is 26.9 Å². The highest BCUT2D eigenvalue weighted by Crippen LogP contribution is 2.21. The van der Waals surface area contributed by atoms with E-state index in [1.165, 1.54) is 13.2 Å². The summed E-state index contributed by atoms with van der Waals surface area (Å²) in [5.41, 5.74) is 0.959. The molecule has 1 aromatic carbocycles. The van der Waals surface area contributed by atoms with E-state index >= 15 is 0 Å². The molecule has 0 spiro atoms. The fourth-order valence-corrected chi connectivity index (χ4v) is 1.89. The van der Waals surface area contributed by atoms with Crippen LogP contribution < -0.4 is 15.4 Å². The third-order valence-corrected chi connectivity index (χ3v) is 3.10. The molecular formula is C17H24N2O6. The number of esters is 1. The number of methoxy groups -OCH3 is 1. The van der Waals surface area contributed by atoms with Crippen molar-refractivity contribution in [3.05, 3.63) is 29.3 Å². The van der Waals surface area contributed by atoms with E-state index in [0.717, 1.165) is 6.42 Å². The SMILES string of the molecule is CCCNC(=O)NC(=O)COC(=O)c1ccc(OC)c(COCC)c1. The standard InChI is InChI=1S/C17H24N2O6/c1-4-8-18-17(22)19-15(20)11-25-16(21)12-6-7-14(23-3)13(9-12)10-24-5-2/h6-7,9H,4-5,8,10-11H2,1-3H3,(H2,18,19,20,22). The van der Waals surface area contributed by atoms with Crippen molar-refractivity contribution in [3.8, 4) is 5.75 Å². The number of imide groups is 1. The molecule has 0 saturated heterocycles. The minimum Gasteiger partial charge on any atom is -0.496 e. The topological polar surface area (TPSA) is 103 Å². The summed E-state index contributed by atoms with van der Waals surface area (Å²) >= 11 is 0. The van der Waals surface area contributed by atoms with Crippen LogP contribution in [0.15, 0.2) is 18.2 Å². The van der Waals surface area contributed by atoms with Gasteiger partial charge >= 0.3 is 12.0 Å². The van der Waals surface area contributed by atoms with Crippen LogP contribution in [-0.4, -0.2) is 44.8 Å². The van der Waals surface area contributed by atoms with Crippen molar-refractivity contribution in [2.24, 2.45) is 0 Å². The third-order valence-electron chi connectivity index (χ3n) is 3.10. The molecule has 138 valence electrons. The number of amides is 3. The molecule has 0 fully saturated rings. The first-order valence-corrected chi connectivity index (χ1v) is 8.01. The first-order valence-electron chi connectivity index (χ1n) is 8.01. The van der Waals surface area contributed by atoms with Crippen molar-refractivity contribution >= 4 is 17.9 Å². The molecule has 0 radical (unpaired) electrons. The lowest BCUT2D eigenvalue weighted by Gasteiger charge is -2.11. The van der Waals surface area contributed by atoms with Crippen LogP contribution >= 0.6 is 0 Å². The molecule has 1 aromatic rings. The number of nitrogens with one attached hydrogen (secondary N) is 2. The van der Waals surface area contributed by atoms with Gasteiger partial charge in [-0.2, -0.15) is 0 Å². The van der Waals surface area contributed by atoms with Gasteiger partial charge in [-0.25, -0.2) is 9.59 Å². The van der Waals surface area contributed by atoms with Crippen LogP contribution in [0.4, 0.5) is 4.79 Å². The van der Waals surface area contributed by atoms with Crippen molar-refractivity contribution in [1.29, 1.82) is 0 Å². The summed E-state index contributed by atoms with van der Waals surface area (Å²) in [7, 11) is 1.52. The number of carbonyl (C=O) groups excluding carboxylic acids is 3. The molecule has 8 nitrogen and oxygen atoms in total.